The zero-order chi connectivity index (χ0) is 15.0. The molecule has 2 aliphatic rings. The summed E-state index contributed by atoms with van der Waals surface area (Å²) in [6.07, 6.45) is 4.68. The number of hydrogen-bond acceptors (Lipinski definition) is 3. The van der Waals surface area contributed by atoms with Crippen LogP contribution in [0, 0.1) is 13.8 Å². The molecule has 0 saturated heterocycles. The van der Waals surface area contributed by atoms with E-state index >= 15 is 0 Å². The lowest BCUT2D eigenvalue weighted by Crippen LogP contribution is -2.55. The summed E-state index contributed by atoms with van der Waals surface area (Å²) in [5.41, 5.74) is 7.49. The first-order valence-electron chi connectivity index (χ1n) is 7.81. The highest BCUT2D eigenvalue weighted by atomic mass is 16.5. The van der Waals surface area contributed by atoms with Crippen molar-refractivity contribution in [3.8, 4) is 5.75 Å². The van der Waals surface area contributed by atoms with Crippen molar-refractivity contribution in [3.05, 3.63) is 29.3 Å². The van der Waals surface area contributed by atoms with Crippen LogP contribution in [0.3, 0.4) is 0 Å². The maximum absolute atomic E-state index is 11.9. The number of carbonyl (C=O) groups is 1. The van der Waals surface area contributed by atoms with Gasteiger partial charge in [-0.25, -0.2) is 0 Å². The molecule has 21 heavy (non-hydrogen) atoms. The predicted octanol–water partition coefficient (Wildman–Crippen LogP) is 2.21. The number of benzene rings is 1. The van der Waals surface area contributed by atoms with Crippen molar-refractivity contribution in [3.63, 3.8) is 0 Å². The number of nitrogens with one attached hydrogen (secondary N) is 1. The molecule has 2 atom stereocenters. The van der Waals surface area contributed by atoms with E-state index in [9.17, 15) is 4.79 Å². The first-order valence-corrected chi connectivity index (χ1v) is 7.81. The summed E-state index contributed by atoms with van der Waals surface area (Å²) in [5.74, 6) is 0.688. The summed E-state index contributed by atoms with van der Waals surface area (Å²) < 4.78 is 6.15. The first-order chi connectivity index (χ1) is 10.00. The number of amides is 1. The Morgan fingerprint density at radius 2 is 2.10 bits per heavy atom. The van der Waals surface area contributed by atoms with Crippen LogP contribution in [0.2, 0.25) is 0 Å². The quantitative estimate of drug-likeness (QED) is 0.873. The zero-order valence-electron chi connectivity index (χ0n) is 12.8. The molecule has 114 valence electrons. The fourth-order valence-electron chi connectivity index (χ4n) is 3.18. The van der Waals surface area contributed by atoms with E-state index in [0.717, 1.165) is 31.4 Å². The number of nitrogens with two attached hydrogens (primary N) is 1. The van der Waals surface area contributed by atoms with E-state index in [2.05, 4.69) is 25.2 Å². The molecule has 0 heterocycles. The van der Waals surface area contributed by atoms with Crippen LogP contribution in [0.5, 0.6) is 5.75 Å². The van der Waals surface area contributed by atoms with Gasteiger partial charge in [0.05, 0.1) is 0 Å². The standard InChI is InChI=1S/C17H24N2O2/c1-11-4-3-5-15(12(11)2)21-14-8-9-17(10-14,16(18)20)19-13-6-7-13/h3-5,13-14,19H,6-10H2,1-2H3,(H2,18,20). The second kappa shape index (κ2) is 5.34. The number of rotatable bonds is 5. The van der Waals surface area contributed by atoms with Crippen molar-refractivity contribution in [2.75, 3.05) is 0 Å². The Bertz CT molecular complexity index is 554. The molecule has 0 radical (unpaired) electrons. The molecule has 1 aromatic rings. The van der Waals surface area contributed by atoms with Gasteiger partial charge in [-0.2, -0.15) is 0 Å². The SMILES string of the molecule is Cc1cccc(OC2CCC(NC3CC3)(C(N)=O)C2)c1C. The molecule has 0 bridgehead atoms. The molecule has 4 heteroatoms. The van der Waals surface area contributed by atoms with Crippen molar-refractivity contribution in [2.24, 2.45) is 5.73 Å². The third kappa shape index (κ3) is 2.91. The summed E-state index contributed by atoms with van der Waals surface area (Å²) in [4.78, 5) is 11.9. The molecule has 3 N–H and O–H groups in total. The Balaban J connectivity index is 1.70. The van der Waals surface area contributed by atoms with Gasteiger partial charge in [-0.05, 0) is 56.7 Å². The van der Waals surface area contributed by atoms with Gasteiger partial charge >= 0.3 is 0 Å². The van der Waals surface area contributed by atoms with Crippen LogP contribution in [0.15, 0.2) is 18.2 Å². The van der Waals surface area contributed by atoms with E-state index in [1.54, 1.807) is 0 Å². The number of aryl methyl sites for hydroxylation is 1. The Kier molecular flexibility index (Phi) is 3.66. The van der Waals surface area contributed by atoms with E-state index in [1.807, 2.05) is 12.1 Å². The predicted molar refractivity (Wildman–Crippen MR) is 82.3 cm³/mol. The van der Waals surface area contributed by atoms with Crippen LogP contribution in [0.4, 0.5) is 0 Å². The summed E-state index contributed by atoms with van der Waals surface area (Å²) in [6.45, 7) is 4.16. The second-order valence-electron chi connectivity index (χ2n) is 6.55. The minimum absolute atomic E-state index is 0.0595. The molecule has 2 fully saturated rings. The van der Waals surface area contributed by atoms with Crippen LogP contribution in [0.1, 0.15) is 43.2 Å². The lowest BCUT2D eigenvalue weighted by Gasteiger charge is -2.27. The maximum Gasteiger partial charge on any atom is 0.237 e. The van der Waals surface area contributed by atoms with Gasteiger partial charge in [0.25, 0.3) is 0 Å². The molecule has 1 aromatic carbocycles. The van der Waals surface area contributed by atoms with Gasteiger partial charge in [-0.3, -0.25) is 4.79 Å². The van der Waals surface area contributed by atoms with Gasteiger partial charge in [0.2, 0.25) is 5.91 Å². The smallest absolute Gasteiger partial charge is 0.237 e. The van der Waals surface area contributed by atoms with Gasteiger partial charge in [-0.15, -0.1) is 0 Å². The lowest BCUT2D eigenvalue weighted by atomic mass is 9.96. The number of ether oxygens (including phenoxy) is 1. The summed E-state index contributed by atoms with van der Waals surface area (Å²) in [7, 11) is 0. The van der Waals surface area contributed by atoms with Crippen molar-refractivity contribution >= 4 is 5.91 Å². The van der Waals surface area contributed by atoms with Crippen LogP contribution in [-0.4, -0.2) is 23.6 Å². The van der Waals surface area contributed by atoms with Crippen LogP contribution in [0.25, 0.3) is 0 Å². The lowest BCUT2D eigenvalue weighted by molar-refractivity contribution is -0.124. The molecule has 4 nitrogen and oxygen atoms in total. The van der Waals surface area contributed by atoms with Crippen LogP contribution in [-0.2, 0) is 4.79 Å². The molecule has 1 amide bonds. The van der Waals surface area contributed by atoms with Crippen LogP contribution < -0.4 is 15.8 Å². The normalized spacial score (nSPS) is 28.6. The second-order valence-corrected chi connectivity index (χ2v) is 6.55. The van der Waals surface area contributed by atoms with E-state index in [0.29, 0.717) is 12.5 Å². The fourth-order valence-corrected chi connectivity index (χ4v) is 3.18. The summed E-state index contributed by atoms with van der Waals surface area (Å²) in [6, 6.07) is 6.56. The van der Waals surface area contributed by atoms with E-state index in [1.165, 1.54) is 11.1 Å². The van der Waals surface area contributed by atoms with Gasteiger partial charge < -0.3 is 15.8 Å². The van der Waals surface area contributed by atoms with E-state index in [4.69, 9.17) is 10.5 Å². The molecule has 0 spiro atoms. The summed E-state index contributed by atoms with van der Waals surface area (Å²) >= 11 is 0. The molecule has 0 aromatic heterocycles. The van der Waals surface area contributed by atoms with Gasteiger partial charge in [0.1, 0.15) is 17.4 Å². The van der Waals surface area contributed by atoms with Gasteiger partial charge in [-0.1, -0.05) is 12.1 Å². The van der Waals surface area contributed by atoms with Crippen molar-refractivity contribution in [1.29, 1.82) is 0 Å². The third-order valence-electron chi connectivity index (χ3n) is 4.85. The van der Waals surface area contributed by atoms with Crippen molar-refractivity contribution in [1.82, 2.24) is 5.32 Å². The summed E-state index contributed by atoms with van der Waals surface area (Å²) in [5, 5.41) is 3.45. The monoisotopic (exact) mass is 288 g/mol. The average Bonchev–Trinajstić information content (AvgIpc) is 3.15. The zero-order valence-corrected chi connectivity index (χ0v) is 12.8. The Hall–Kier alpha value is -1.55. The third-order valence-corrected chi connectivity index (χ3v) is 4.85. The van der Waals surface area contributed by atoms with Crippen molar-refractivity contribution in [2.45, 2.75) is 63.6 Å². The van der Waals surface area contributed by atoms with E-state index in [-0.39, 0.29) is 12.0 Å². The van der Waals surface area contributed by atoms with Gasteiger partial charge in [0, 0.05) is 12.5 Å². The Labute approximate surface area is 126 Å². The largest absolute Gasteiger partial charge is 0.490 e. The van der Waals surface area contributed by atoms with Crippen molar-refractivity contribution < 1.29 is 9.53 Å². The van der Waals surface area contributed by atoms with Gasteiger partial charge in [0.15, 0.2) is 0 Å². The van der Waals surface area contributed by atoms with E-state index < -0.39 is 5.54 Å². The minimum atomic E-state index is -0.566. The minimum Gasteiger partial charge on any atom is -0.490 e. The topological polar surface area (TPSA) is 64.3 Å². The number of carbonyl (C=O) groups excluding carboxylic acids is 1. The molecule has 2 saturated carbocycles. The Morgan fingerprint density at radius 3 is 2.76 bits per heavy atom. The average molecular weight is 288 g/mol. The highest BCUT2D eigenvalue weighted by molar-refractivity contribution is 5.85. The highest BCUT2D eigenvalue weighted by Gasteiger charge is 2.47. The molecular formula is C17H24N2O2. The fraction of sp³-hybridized carbons (Fsp3) is 0.588. The maximum atomic E-state index is 11.9. The molecule has 2 aliphatic carbocycles. The first kappa shape index (κ1) is 14.4. The number of hydrogen-bond donors (Lipinski definition) is 2. The number of primary amides is 1. The molecule has 2 unspecified atom stereocenters. The van der Waals surface area contributed by atoms with Crippen LogP contribution >= 0.6 is 0 Å². The molecule has 3 rings (SSSR count). The molecule has 0 aliphatic heterocycles. The Morgan fingerprint density at radius 1 is 1.33 bits per heavy atom. The highest BCUT2D eigenvalue weighted by Crippen LogP contribution is 2.36. The molecular weight excluding hydrogens is 264 g/mol.